The van der Waals surface area contributed by atoms with Gasteiger partial charge < -0.3 is 106 Å². The Balaban J connectivity index is 1.58. The molecule has 4 heterocycles. The quantitative estimate of drug-likeness (QED) is 0.118. The van der Waals surface area contributed by atoms with Gasteiger partial charge in [-0.25, -0.2) is 0 Å². The van der Waals surface area contributed by atoms with E-state index in [0.717, 1.165) is 6.92 Å². The van der Waals surface area contributed by atoms with Crippen molar-refractivity contribution in [1.29, 1.82) is 0 Å². The number of amides is 1. The van der Waals surface area contributed by atoms with Gasteiger partial charge in [0.25, 0.3) is 0 Å². The summed E-state index contributed by atoms with van der Waals surface area (Å²) in [6.07, 6.45) is -6.64. The molecule has 1 amide bonds. The number of carbonyl (C=O) groups is 3. The Morgan fingerprint density at radius 3 is 1.93 bits per heavy atom. The summed E-state index contributed by atoms with van der Waals surface area (Å²) in [5.41, 5.74) is 6.54. The molecule has 4 rings (SSSR count). The molecule has 16 N–H and O–H groups in total. The third kappa shape index (κ3) is 20.9. The third-order valence-corrected chi connectivity index (χ3v) is 14.8. The Morgan fingerprint density at radius 2 is 1.29 bits per heavy atom. The zero-order chi connectivity index (χ0) is 59.6. The highest BCUT2D eigenvalue weighted by Crippen LogP contribution is 2.39. The maximum absolute atomic E-state index is 12.7. The summed E-state index contributed by atoms with van der Waals surface area (Å²) < 4.78 is 35.6. The molecule has 3 saturated heterocycles. The molecule has 4 aliphatic heterocycles. The number of hydrogen-bond donors (Lipinski definition) is 15. The van der Waals surface area contributed by atoms with Crippen LogP contribution in [0, 0.1) is 17.8 Å². The van der Waals surface area contributed by atoms with E-state index >= 15 is 0 Å². The number of carboxylic acids is 1. The second-order valence-electron chi connectivity index (χ2n) is 21.6. The number of allylic oxidation sites excluding steroid dienone is 10. The van der Waals surface area contributed by atoms with Gasteiger partial charge in [-0.05, 0) is 52.4 Å². The summed E-state index contributed by atoms with van der Waals surface area (Å²) in [4.78, 5) is 37.6. The minimum atomic E-state index is -2.45. The van der Waals surface area contributed by atoms with E-state index in [-0.39, 0.29) is 31.6 Å². The molecule has 0 aromatic rings. The van der Waals surface area contributed by atoms with Crippen molar-refractivity contribution in [3.63, 3.8) is 0 Å². The summed E-state index contributed by atoms with van der Waals surface area (Å²) in [5.74, 6) is -8.46. The number of carbonyl (C=O) groups excluding carboxylic acids is 2. The van der Waals surface area contributed by atoms with Crippen LogP contribution in [0.25, 0.3) is 0 Å². The van der Waals surface area contributed by atoms with Crippen LogP contribution in [0.2, 0.25) is 0 Å². The molecule has 454 valence electrons. The molecule has 0 aromatic carbocycles. The minimum Gasteiger partial charge on any atom is -0.510 e. The summed E-state index contributed by atoms with van der Waals surface area (Å²) in [6, 6.07) is -2.77. The molecule has 0 aromatic heterocycles. The van der Waals surface area contributed by atoms with E-state index in [1.807, 2.05) is 43.4 Å². The van der Waals surface area contributed by atoms with E-state index in [1.165, 1.54) is 19.1 Å². The molecule has 4 aliphatic rings. The van der Waals surface area contributed by atoms with Gasteiger partial charge in [-0.3, -0.25) is 14.4 Å². The Morgan fingerprint density at radius 1 is 0.688 bits per heavy atom. The molecule has 0 aliphatic carbocycles. The van der Waals surface area contributed by atoms with Crippen LogP contribution in [-0.2, 0) is 42.8 Å². The lowest BCUT2D eigenvalue weighted by Gasteiger charge is -2.48. The monoisotopic (exact) mass is 1140 g/mol. The molecule has 24 atom stereocenters. The molecule has 24 nitrogen and oxygen atoms in total. The van der Waals surface area contributed by atoms with Crippen LogP contribution in [0.3, 0.4) is 0 Å². The SMILES string of the molecule is C=C(O)C1OC(OC2C(C)OC(OC3/C=C/C=C/C=C/C=C/CC/C=C/C=C/C(C)C(O)C(C)C(C)OC(=O)CC(O)CC(O)CC(O)CCC(O)C(O)CC4(O)CC(O)C(C(=O)O)C(C3)O4)C(O)C2N)C(NC(C)=O)C(O)C1O. The fraction of sp³-hybridized carbons (Fsp3) is 0.696. The van der Waals surface area contributed by atoms with Gasteiger partial charge in [0, 0.05) is 38.0 Å². The lowest BCUT2D eigenvalue weighted by atomic mass is 9.82. The number of rotatable bonds is 7. The number of carboxylic acid groups (broad SMARTS) is 1. The van der Waals surface area contributed by atoms with Crippen molar-refractivity contribution >= 4 is 17.8 Å². The van der Waals surface area contributed by atoms with Crippen molar-refractivity contribution in [3.8, 4) is 0 Å². The number of hydrogen-bond acceptors (Lipinski definition) is 22. The van der Waals surface area contributed by atoms with Crippen molar-refractivity contribution in [2.24, 2.45) is 23.5 Å². The first-order valence-electron chi connectivity index (χ1n) is 27.3. The second kappa shape index (κ2) is 32.5. The van der Waals surface area contributed by atoms with Gasteiger partial charge in [-0.1, -0.05) is 93.3 Å². The van der Waals surface area contributed by atoms with Gasteiger partial charge in [-0.15, -0.1) is 0 Å². The van der Waals surface area contributed by atoms with Crippen LogP contribution < -0.4 is 11.1 Å². The van der Waals surface area contributed by atoms with E-state index in [9.17, 15) is 80.8 Å². The number of aliphatic hydroxyl groups excluding tert-OH is 11. The largest absolute Gasteiger partial charge is 0.510 e. The maximum atomic E-state index is 12.7. The molecule has 24 unspecified atom stereocenters. The van der Waals surface area contributed by atoms with Crippen molar-refractivity contribution in [2.45, 2.75) is 227 Å². The van der Waals surface area contributed by atoms with Crippen LogP contribution in [0.1, 0.15) is 98.8 Å². The second-order valence-corrected chi connectivity index (χ2v) is 21.6. The smallest absolute Gasteiger partial charge is 0.311 e. The predicted octanol–water partition coefficient (Wildman–Crippen LogP) is -0.0169. The number of nitrogens with two attached hydrogens (primary N) is 1. The molecular weight excluding hydrogens is 1050 g/mol. The number of aliphatic carboxylic acids is 1. The van der Waals surface area contributed by atoms with Crippen LogP contribution in [0.15, 0.2) is 85.3 Å². The molecule has 3 fully saturated rings. The van der Waals surface area contributed by atoms with Crippen LogP contribution in [0.4, 0.5) is 0 Å². The predicted molar refractivity (Wildman–Crippen MR) is 286 cm³/mol. The van der Waals surface area contributed by atoms with Gasteiger partial charge in [0.1, 0.15) is 54.3 Å². The van der Waals surface area contributed by atoms with Gasteiger partial charge in [-0.2, -0.15) is 0 Å². The van der Waals surface area contributed by atoms with Crippen molar-refractivity contribution in [1.82, 2.24) is 5.32 Å². The van der Waals surface area contributed by atoms with Crippen LogP contribution in [0.5, 0.6) is 0 Å². The zero-order valence-corrected chi connectivity index (χ0v) is 46.1. The molecule has 0 spiro atoms. The first-order valence-corrected chi connectivity index (χ1v) is 27.3. The molecule has 2 bridgehead atoms. The van der Waals surface area contributed by atoms with E-state index in [4.69, 9.17) is 34.2 Å². The first kappa shape index (κ1) is 68.2. The van der Waals surface area contributed by atoms with E-state index in [2.05, 4.69) is 11.9 Å². The van der Waals surface area contributed by atoms with Gasteiger partial charge in [0.2, 0.25) is 5.91 Å². The Bertz CT molecular complexity index is 2140. The standard InChI is InChI=1S/C56H88N2O22/c1-29-19-17-15-13-11-9-7-8-10-12-14-16-18-20-38(77-55-48(69)45(57)52(33(5)76-55)79-54-46(58-34(6)60)49(70)50(71)51(78-54)31(3)59)26-42-44(53(72)73)41(66)28-56(74,80-42)27-40(65)39(64)22-21-35(61)23-36(62)24-37(63)25-43(67)75-32(4)30(2)47(29)68/h7-8,10,12-20,29-30,32-33,35-42,44-52,54-55,59,61-66,68-71,74H,3,9,11,21-28,57H2,1-2,4-6H3,(H,58,60)(H,72,73)/b8-7+,12-10+,15-13+,16-14+,19-17+,20-18+. The molecule has 0 radical (unpaired) electrons. The maximum Gasteiger partial charge on any atom is 0.311 e. The average Bonchev–Trinajstić information content (AvgIpc) is 3.39. The number of nitrogens with one attached hydrogen (secondary N) is 1. The normalized spacial score (nSPS) is 44.7. The zero-order valence-electron chi connectivity index (χ0n) is 46.1. The van der Waals surface area contributed by atoms with Crippen LogP contribution in [-0.4, -0.2) is 212 Å². The molecule has 24 heteroatoms. The fourth-order valence-corrected chi connectivity index (χ4v) is 10.1. The number of cyclic esters (lactones) is 1. The summed E-state index contributed by atoms with van der Waals surface area (Å²) in [5, 5.41) is 144. The molecule has 80 heavy (non-hydrogen) atoms. The van der Waals surface area contributed by atoms with Gasteiger partial charge in [0.15, 0.2) is 18.4 Å². The van der Waals surface area contributed by atoms with Crippen molar-refractivity contribution in [2.75, 3.05) is 0 Å². The summed E-state index contributed by atoms with van der Waals surface area (Å²) in [6.45, 7) is 11.2. The van der Waals surface area contributed by atoms with Gasteiger partial charge in [0.05, 0.1) is 73.5 Å². The summed E-state index contributed by atoms with van der Waals surface area (Å²) >= 11 is 0. The number of aliphatic hydroxyl groups is 12. The number of fused-ring (bicyclic) bond motifs is 2. The Hall–Kier alpha value is -4.29. The topological polar surface area (TPSA) is 408 Å². The number of esters is 1. The minimum absolute atomic E-state index is 0.184. The fourth-order valence-electron chi connectivity index (χ4n) is 10.1. The van der Waals surface area contributed by atoms with E-state index in [0.29, 0.717) is 12.8 Å². The highest BCUT2D eigenvalue weighted by atomic mass is 16.7. The highest BCUT2D eigenvalue weighted by Gasteiger charge is 2.53. The first-order chi connectivity index (χ1) is 37.6. The lowest BCUT2D eigenvalue weighted by Crippen LogP contribution is -2.68. The Kier molecular flexibility index (Phi) is 27.7. The average molecular weight is 1140 g/mol. The summed E-state index contributed by atoms with van der Waals surface area (Å²) in [7, 11) is 0. The van der Waals surface area contributed by atoms with Crippen LogP contribution >= 0.6 is 0 Å². The van der Waals surface area contributed by atoms with Crippen molar-refractivity contribution in [3.05, 3.63) is 85.3 Å². The van der Waals surface area contributed by atoms with Gasteiger partial charge >= 0.3 is 11.9 Å². The highest BCUT2D eigenvalue weighted by molar-refractivity contribution is 5.73. The van der Waals surface area contributed by atoms with E-state index < -0.39 is 189 Å². The van der Waals surface area contributed by atoms with Crippen molar-refractivity contribution < 1.29 is 109 Å². The van der Waals surface area contributed by atoms with E-state index in [1.54, 1.807) is 38.2 Å². The molecular formula is C56H88N2O22. The third-order valence-electron chi connectivity index (χ3n) is 14.8. The molecule has 0 saturated carbocycles. The Labute approximate surface area is 466 Å². The lowest BCUT2D eigenvalue weighted by molar-refractivity contribution is -0.328. The number of ether oxygens (including phenoxy) is 6.